The van der Waals surface area contributed by atoms with Crippen LogP contribution >= 0.6 is 11.6 Å². The van der Waals surface area contributed by atoms with Crippen LogP contribution in [0.5, 0.6) is 11.5 Å². The van der Waals surface area contributed by atoms with Gasteiger partial charge in [0, 0.05) is 11.6 Å². The van der Waals surface area contributed by atoms with Gasteiger partial charge in [-0.3, -0.25) is 0 Å². The van der Waals surface area contributed by atoms with Crippen molar-refractivity contribution in [2.45, 2.75) is 0 Å². The minimum absolute atomic E-state index is 0.0741. The molecule has 20 heavy (non-hydrogen) atoms. The average Bonchev–Trinajstić information content (AvgIpc) is 2.40. The largest absolute Gasteiger partial charge is 0.508 e. The molecule has 0 saturated carbocycles. The molecule has 2 aromatic rings. The number of carboxylic acid groups (broad SMARTS) is 1. The Morgan fingerprint density at radius 1 is 0.950 bits per heavy atom. The number of carbonyl (C=O) groups excluding carboxylic acids is 1. The van der Waals surface area contributed by atoms with Crippen molar-refractivity contribution in [1.29, 1.82) is 0 Å². The summed E-state index contributed by atoms with van der Waals surface area (Å²) in [6.45, 7) is 0. The molecule has 0 saturated heterocycles. The first-order valence-electron chi connectivity index (χ1n) is 5.43. The third kappa shape index (κ3) is 5.88. The number of aromatic carboxylic acids is 1. The number of hydrogen-bond acceptors (Lipinski definition) is 4. The standard InChI is InChI=1S/C7H5ClO2.C7H6O3/c8-7(9)10-6-4-2-1-3-5-6;8-6-3-1-5(2-4-6)7(9)10/h1-5H;1-4,8H,(H,9,10). The molecule has 0 atom stereocenters. The molecule has 104 valence electrons. The van der Waals surface area contributed by atoms with E-state index < -0.39 is 11.4 Å². The molecule has 0 aliphatic heterocycles. The zero-order valence-corrected chi connectivity index (χ0v) is 10.9. The number of ether oxygens (including phenoxy) is 1. The van der Waals surface area contributed by atoms with Crippen LogP contribution < -0.4 is 4.74 Å². The Balaban J connectivity index is 0.000000200. The molecule has 5 nitrogen and oxygen atoms in total. The fourth-order valence-corrected chi connectivity index (χ4v) is 1.27. The van der Waals surface area contributed by atoms with E-state index in [1.54, 1.807) is 24.3 Å². The van der Waals surface area contributed by atoms with E-state index >= 15 is 0 Å². The molecule has 0 unspecified atom stereocenters. The van der Waals surface area contributed by atoms with Crippen LogP contribution in [-0.2, 0) is 0 Å². The number of aromatic hydroxyl groups is 1. The van der Waals surface area contributed by atoms with Gasteiger partial charge in [0.15, 0.2) is 0 Å². The summed E-state index contributed by atoms with van der Waals surface area (Å²) in [6.07, 6.45) is 0. The third-order valence-electron chi connectivity index (χ3n) is 2.06. The molecule has 2 N–H and O–H groups in total. The van der Waals surface area contributed by atoms with Crippen LogP contribution in [-0.4, -0.2) is 21.6 Å². The molecule has 0 fully saturated rings. The van der Waals surface area contributed by atoms with Gasteiger partial charge < -0.3 is 14.9 Å². The van der Waals surface area contributed by atoms with E-state index in [0.717, 1.165) is 0 Å². The number of para-hydroxylation sites is 1. The summed E-state index contributed by atoms with van der Waals surface area (Å²) in [5.41, 5.74) is -0.635. The highest BCUT2D eigenvalue weighted by molar-refractivity contribution is 6.61. The average molecular weight is 295 g/mol. The van der Waals surface area contributed by atoms with Gasteiger partial charge in [0.25, 0.3) is 0 Å². The molecule has 0 radical (unpaired) electrons. The van der Waals surface area contributed by atoms with Gasteiger partial charge in [-0.15, -0.1) is 0 Å². The Morgan fingerprint density at radius 3 is 1.95 bits per heavy atom. The van der Waals surface area contributed by atoms with Gasteiger partial charge in [-0.1, -0.05) is 18.2 Å². The van der Waals surface area contributed by atoms with Crippen LogP contribution in [0.15, 0.2) is 54.6 Å². The van der Waals surface area contributed by atoms with E-state index in [0.29, 0.717) is 5.75 Å². The van der Waals surface area contributed by atoms with Gasteiger partial charge in [-0.25, -0.2) is 9.59 Å². The number of phenolic OH excluding ortho intramolecular Hbond substituents is 1. The first-order chi connectivity index (χ1) is 9.49. The van der Waals surface area contributed by atoms with Crippen molar-refractivity contribution in [2.75, 3.05) is 0 Å². The minimum Gasteiger partial charge on any atom is -0.508 e. The molecule has 0 aliphatic rings. The van der Waals surface area contributed by atoms with E-state index in [9.17, 15) is 9.59 Å². The number of phenols is 1. The van der Waals surface area contributed by atoms with Crippen LogP contribution in [0.2, 0.25) is 0 Å². The summed E-state index contributed by atoms with van der Waals surface area (Å²) in [5.74, 6) is -0.451. The van der Waals surface area contributed by atoms with E-state index in [1.165, 1.54) is 24.3 Å². The Labute approximate surface area is 120 Å². The maximum absolute atomic E-state index is 10.2. The van der Waals surface area contributed by atoms with Crippen LogP contribution in [0.1, 0.15) is 10.4 Å². The van der Waals surface area contributed by atoms with E-state index in [-0.39, 0.29) is 11.3 Å². The van der Waals surface area contributed by atoms with Crippen molar-refractivity contribution in [3.8, 4) is 11.5 Å². The highest BCUT2D eigenvalue weighted by Crippen LogP contribution is 2.09. The molecular weight excluding hydrogens is 284 g/mol. The Bertz CT molecular complexity index is 566. The molecule has 2 rings (SSSR count). The SMILES string of the molecule is O=C(Cl)Oc1ccccc1.O=C(O)c1ccc(O)cc1. The number of rotatable bonds is 2. The Morgan fingerprint density at radius 2 is 1.50 bits per heavy atom. The number of carboxylic acids is 1. The molecule has 0 amide bonds. The maximum Gasteiger partial charge on any atom is 0.409 e. The zero-order chi connectivity index (χ0) is 15.0. The Hall–Kier alpha value is -2.53. The summed E-state index contributed by atoms with van der Waals surface area (Å²) in [5, 5.41) is 17.1. The van der Waals surface area contributed by atoms with E-state index in [2.05, 4.69) is 4.74 Å². The molecule has 0 bridgehead atoms. The molecular formula is C14H11ClO5. The first kappa shape index (κ1) is 15.5. The second-order valence-electron chi connectivity index (χ2n) is 3.50. The highest BCUT2D eigenvalue weighted by Gasteiger charge is 1.99. The lowest BCUT2D eigenvalue weighted by atomic mass is 10.2. The van der Waals surface area contributed by atoms with Crippen molar-refractivity contribution >= 4 is 23.0 Å². The second-order valence-corrected chi connectivity index (χ2v) is 3.81. The predicted molar refractivity (Wildman–Crippen MR) is 73.4 cm³/mol. The summed E-state index contributed by atoms with van der Waals surface area (Å²) in [6, 6.07) is 14.0. The van der Waals surface area contributed by atoms with Crippen molar-refractivity contribution in [3.05, 3.63) is 60.2 Å². The summed E-state index contributed by atoms with van der Waals surface area (Å²) >= 11 is 4.95. The fraction of sp³-hybridized carbons (Fsp3) is 0. The lowest BCUT2D eigenvalue weighted by molar-refractivity contribution is 0.0697. The van der Waals surface area contributed by atoms with Crippen molar-refractivity contribution < 1.29 is 24.5 Å². The Kier molecular flexibility index (Phi) is 6.06. The summed E-state index contributed by atoms with van der Waals surface area (Å²) in [7, 11) is 0. The molecule has 0 heterocycles. The second kappa shape index (κ2) is 7.81. The smallest absolute Gasteiger partial charge is 0.409 e. The maximum atomic E-state index is 10.2. The number of halogens is 1. The fourth-order valence-electron chi connectivity index (χ4n) is 1.19. The minimum atomic E-state index is -0.986. The van der Waals surface area contributed by atoms with Crippen molar-refractivity contribution in [3.63, 3.8) is 0 Å². The van der Waals surface area contributed by atoms with Crippen LogP contribution in [0.25, 0.3) is 0 Å². The van der Waals surface area contributed by atoms with Crippen LogP contribution in [0.4, 0.5) is 4.79 Å². The number of carbonyl (C=O) groups is 2. The van der Waals surface area contributed by atoms with Crippen LogP contribution in [0.3, 0.4) is 0 Å². The molecule has 2 aromatic carbocycles. The topological polar surface area (TPSA) is 83.8 Å². The number of hydrogen-bond donors (Lipinski definition) is 2. The van der Waals surface area contributed by atoms with Crippen LogP contribution in [0, 0.1) is 0 Å². The zero-order valence-electron chi connectivity index (χ0n) is 10.2. The lowest BCUT2D eigenvalue weighted by Crippen LogP contribution is -1.94. The van der Waals surface area contributed by atoms with Gasteiger partial charge in [0.05, 0.1) is 5.56 Å². The van der Waals surface area contributed by atoms with Gasteiger partial charge in [0.2, 0.25) is 0 Å². The number of benzene rings is 2. The highest BCUT2D eigenvalue weighted by atomic mass is 35.5. The monoisotopic (exact) mass is 294 g/mol. The normalized spacial score (nSPS) is 9.05. The van der Waals surface area contributed by atoms with Gasteiger partial charge >= 0.3 is 11.4 Å². The van der Waals surface area contributed by atoms with Gasteiger partial charge in [-0.05, 0) is 36.4 Å². The molecule has 0 aromatic heterocycles. The molecule has 6 heteroatoms. The van der Waals surface area contributed by atoms with Gasteiger partial charge in [0.1, 0.15) is 11.5 Å². The van der Waals surface area contributed by atoms with Gasteiger partial charge in [-0.2, -0.15) is 0 Å². The van der Waals surface area contributed by atoms with E-state index in [4.69, 9.17) is 21.8 Å². The van der Waals surface area contributed by atoms with E-state index in [1.807, 2.05) is 6.07 Å². The first-order valence-corrected chi connectivity index (χ1v) is 5.81. The lowest BCUT2D eigenvalue weighted by Gasteiger charge is -1.95. The predicted octanol–water partition coefficient (Wildman–Crippen LogP) is 3.51. The third-order valence-corrected chi connectivity index (χ3v) is 2.13. The summed E-state index contributed by atoms with van der Waals surface area (Å²) in [4.78, 5) is 20.4. The molecule has 0 spiro atoms. The quantitative estimate of drug-likeness (QED) is 0.828. The van der Waals surface area contributed by atoms with Crippen molar-refractivity contribution in [2.24, 2.45) is 0 Å². The summed E-state index contributed by atoms with van der Waals surface area (Å²) < 4.78 is 4.54. The molecule has 0 aliphatic carbocycles. The van der Waals surface area contributed by atoms with Crippen molar-refractivity contribution in [1.82, 2.24) is 0 Å².